The zero-order valence-corrected chi connectivity index (χ0v) is 33.6. The first-order valence-electron chi connectivity index (χ1n) is 20.3. The summed E-state index contributed by atoms with van der Waals surface area (Å²) in [6, 6.07) is 6.37. The van der Waals surface area contributed by atoms with Crippen molar-refractivity contribution < 1.29 is 41.6 Å². The Morgan fingerprint density at radius 1 is 1.04 bits per heavy atom. The smallest absolute Gasteiger partial charge is 0.319 e. The number of β-amino-alcohol motifs (C(OH)–C–C–N with tert-alkyl or cyclic N) is 1. The quantitative estimate of drug-likeness (QED) is 0.221. The molecule has 0 spiro atoms. The van der Waals surface area contributed by atoms with E-state index in [1.54, 1.807) is 13.0 Å². The Balaban J connectivity index is 1.13. The molecule has 2 aliphatic carbocycles. The SMILES string of the molecule is CCc1c(F)ccc2cc(O)cc(-c3nc(OC)c4c(N5CCOC[C@@](C)(O)C5)nc(OC[C@]56CCC[C@H]5N(C5C[C@@H]7CS(=O)(=O)C[C@@H]7C5)CCC6)nc4c3F)c12. The van der Waals surface area contributed by atoms with Crippen molar-refractivity contribution in [3.63, 3.8) is 0 Å². The number of sulfone groups is 1. The van der Waals surface area contributed by atoms with Gasteiger partial charge >= 0.3 is 6.01 Å². The van der Waals surface area contributed by atoms with Gasteiger partial charge in [-0.2, -0.15) is 9.97 Å². The number of methoxy groups -OCH3 is 1. The molecule has 6 atom stereocenters. The second-order valence-corrected chi connectivity index (χ2v) is 19.6. The van der Waals surface area contributed by atoms with Crippen LogP contribution in [0.25, 0.3) is 32.9 Å². The molecule has 1 unspecified atom stereocenters. The molecule has 2 N–H and O–H groups in total. The van der Waals surface area contributed by atoms with Gasteiger partial charge in [0.05, 0.1) is 45.0 Å². The normalized spacial score (nSPS) is 30.1. The fraction of sp³-hybridized carbons (Fsp3) is 0.595. The number of anilines is 1. The van der Waals surface area contributed by atoms with Crippen LogP contribution in [0.3, 0.4) is 0 Å². The van der Waals surface area contributed by atoms with Crippen molar-refractivity contribution in [2.24, 2.45) is 17.3 Å². The van der Waals surface area contributed by atoms with E-state index in [4.69, 9.17) is 24.2 Å². The molecule has 57 heavy (non-hydrogen) atoms. The maximum Gasteiger partial charge on any atom is 0.319 e. The third kappa shape index (κ3) is 6.85. The number of halogens is 2. The third-order valence-corrected chi connectivity index (χ3v) is 15.3. The standard InChI is InChI=1S/C42H51F2N5O7S/c1-4-29-31(43)9-8-24-17-28(50)18-30(33(24)29)36-35(44)37-34(39(45-36)54-3)38(48-13-14-55-22-41(2,51)21-48)47-40(46-37)56-23-42-10-5-7-32(42)49(12-6-11-42)27-15-25-19-57(52,53)20-26(25)16-27/h8-9,17-18,25-27,32,50-51H,4-7,10-16,19-23H2,1-3H3/t25-,26+,27?,32-,41+,42-/m1/s1. The van der Waals surface area contributed by atoms with Gasteiger partial charge in [-0.3, -0.25) is 4.90 Å². The minimum absolute atomic E-state index is 0.0187. The van der Waals surface area contributed by atoms with Crippen molar-refractivity contribution in [2.75, 3.05) is 63.0 Å². The van der Waals surface area contributed by atoms with Gasteiger partial charge < -0.3 is 29.3 Å². The van der Waals surface area contributed by atoms with Crippen molar-refractivity contribution in [1.82, 2.24) is 19.9 Å². The van der Waals surface area contributed by atoms with Crippen molar-refractivity contribution in [1.29, 1.82) is 0 Å². The van der Waals surface area contributed by atoms with Crippen molar-refractivity contribution >= 4 is 37.3 Å². The molecule has 4 aromatic rings. The molecule has 15 heteroatoms. The highest BCUT2D eigenvalue weighted by atomic mass is 32.2. The summed E-state index contributed by atoms with van der Waals surface area (Å²) in [6.45, 7) is 5.61. The topological polar surface area (TPSA) is 147 Å². The molecule has 12 nitrogen and oxygen atoms in total. The van der Waals surface area contributed by atoms with Crippen molar-refractivity contribution in [3.8, 4) is 28.9 Å². The first kappa shape index (κ1) is 38.6. The Morgan fingerprint density at radius 3 is 2.56 bits per heavy atom. The average Bonchev–Trinajstić information content (AvgIpc) is 3.82. The largest absolute Gasteiger partial charge is 0.508 e. The summed E-state index contributed by atoms with van der Waals surface area (Å²) in [7, 11) is -1.53. The summed E-state index contributed by atoms with van der Waals surface area (Å²) in [5, 5.41) is 23.2. The van der Waals surface area contributed by atoms with E-state index in [1.165, 1.54) is 25.3 Å². The van der Waals surface area contributed by atoms with Crippen LogP contribution < -0.4 is 14.4 Å². The molecule has 9 rings (SSSR count). The minimum Gasteiger partial charge on any atom is -0.508 e. The molecule has 0 amide bonds. The van der Waals surface area contributed by atoms with E-state index in [0.717, 1.165) is 51.5 Å². The minimum atomic E-state index is -2.95. The summed E-state index contributed by atoms with van der Waals surface area (Å²) in [6.07, 6.45) is 7.14. The fourth-order valence-electron chi connectivity index (χ4n) is 11.1. The molecule has 2 aromatic carbocycles. The van der Waals surface area contributed by atoms with Gasteiger partial charge in [-0.25, -0.2) is 22.2 Å². The number of phenols is 1. The predicted octanol–water partition coefficient (Wildman–Crippen LogP) is 5.82. The molecular weight excluding hydrogens is 757 g/mol. The van der Waals surface area contributed by atoms with E-state index in [9.17, 15) is 18.6 Å². The Kier molecular flexibility index (Phi) is 9.76. The van der Waals surface area contributed by atoms with Gasteiger partial charge in [0.25, 0.3) is 0 Å². The van der Waals surface area contributed by atoms with Gasteiger partial charge in [0.1, 0.15) is 39.6 Å². The highest BCUT2D eigenvalue weighted by Gasteiger charge is 2.53. The monoisotopic (exact) mass is 807 g/mol. The lowest BCUT2D eigenvalue weighted by molar-refractivity contribution is -0.0224. The van der Waals surface area contributed by atoms with E-state index in [0.29, 0.717) is 53.5 Å². The molecular formula is C42H51F2N5O7S. The van der Waals surface area contributed by atoms with Crippen LogP contribution in [0.4, 0.5) is 14.6 Å². The van der Waals surface area contributed by atoms with E-state index in [2.05, 4.69) is 9.88 Å². The predicted molar refractivity (Wildman–Crippen MR) is 212 cm³/mol. The Bertz CT molecular complexity index is 2330. The number of hydrogen-bond donors (Lipinski definition) is 2. The molecule has 2 aromatic heterocycles. The number of hydrogen-bond acceptors (Lipinski definition) is 12. The molecule has 5 fully saturated rings. The number of aromatic hydroxyl groups is 1. The second-order valence-electron chi connectivity index (χ2n) is 17.4. The first-order valence-corrected chi connectivity index (χ1v) is 22.1. The molecule has 2 saturated carbocycles. The number of aliphatic hydroxyl groups is 1. The van der Waals surface area contributed by atoms with Crippen molar-refractivity contribution in [3.05, 3.63) is 41.5 Å². The third-order valence-electron chi connectivity index (χ3n) is 13.5. The Hall–Kier alpha value is -3.92. The van der Waals surface area contributed by atoms with Crippen LogP contribution in [0.1, 0.15) is 64.4 Å². The Labute approximate surface area is 331 Å². The number of phenolic OH excluding ortho intramolecular Hbond substituents is 1. The molecule has 3 saturated heterocycles. The van der Waals surface area contributed by atoms with Crippen LogP contribution in [0.2, 0.25) is 0 Å². The number of aryl methyl sites for hydroxylation is 1. The maximum atomic E-state index is 17.4. The lowest BCUT2D eigenvalue weighted by Gasteiger charge is -2.48. The fourth-order valence-corrected chi connectivity index (χ4v) is 13.4. The van der Waals surface area contributed by atoms with Gasteiger partial charge in [-0.15, -0.1) is 0 Å². The van der Waals surface area contributed by atoms with Crippen LogP contribution in [0.5, 0.6) is 17.6 Å². The molecule has 306 valence electrons. The van der Waals surface area contributed by atoms with E-state index < -0.39 is 27.1 Å². The summed E-state index contributed by atoms with van der Waals surface area (Å²) in [4.78, 5) is 18.8. The highest BCUT2D eigenvalue weighted by Crippen LogP contribution is 2.52. The average molecular weight is 808 g/mol. The Morgan fingerprint density at radius 2 is 1.81 bits per heavy atom. The summed E-state index contributed by atoms with van der Waals surface area (Å²) in [5.41, 5.74) is -1.17. The molecule has 0 radical (unpaired) electrons. The molecule has 5 aliphatic rings. The number of piperidine rings is 1. The van der Waals surface area contributed by atoms with Gasteiger partial charge in [0, 0.05) is 29.6 Å². The molecule has 5 heterocycles. The summed E-state index contributed by atoms with van der Waals surface area (Å²) >= 11 is 0. The lowest BCUT2D eigenvalue weighted by Crippen LogP contribution is -2.55. The number of benzene rings is 2. The van der Waals surface area contributed by atoms with Gasteiger partial charge in [-0.05, 0) is 105 Å². The number of rotatable bonds is 8. The molecule has 3 aliphatic heterocycles. The maximum absolute atomic E-state index is 17.4. The number of aromatic nitrogens is 3. The van der Waals surface area contributed by atoms with Gasteiger partial charge in [-0.1, -0.05) is 19.4 Å². The van der Waals surface area contributed by atoms with Gasteiger partial charge in [0.2, 0.25) is 5.88 Å². The van der Waals surface area contributed by atoms with Crippen LogP contribution in [0.15, 0.2) is 24.3 Å². The van der Waals surface area contributed by atoms with E-state index in [-0.39, 0.29) is 88.7 Å². The molecule has 0 bridgehead atoms. The number of ether oxygens (including phenoxy) is 3. The number of nitrogens with zero attached hydrogens (tertiary/aromatic N) is 5. The van der Waals surface area contributed by atoms with Gasteiger partial charge in [0.15, 0.2) is 15.7 Å². The van der Waals surface area contributed by atoms with Crippen LogP contribution >= 0.6 is 0 Å². The van der Waals surface area contributed by atoms with Crippen LogP contribution in [0, 0.1) is 28.9 Å². The first-order chi connectivity index (χ1) is 27.3. The number of pyridine rings is 1. The van der Waals surface area contributed by atoms with Crippen molar-refractivity contribution in [2.45, 2.75) is 82.9 Å². The lowest BCUT2D eigenvalue weighted by atomic mass is 9.75. The second kappa shape index (κ2) is 14.4. The van der Waals surface area contributed by atoms with E-state index >= 15 is 8.78 Å². The summed E-state index contributed by atoms with van der Waals surface area (Å²) in [5.74, 6) is -0.0278. The number of likely N-dealkylation sites (tertiary alicyclic amines) is 1. The van der Waals surface area contributed by atoms with E-state index in [1.807, 2.05) is 11.8 Å². The zero-order chi connectivity index (χ0) is 39.9. The van der Waals surface area contributed by atoms with Crippen LogP contribution in [-0.4, -0.2) is 114 Å². The zero-order valence-electron chi connectivity index (χ0n) is 32.8. The van der Waals surface area contributed by atoms with Crippen LogP contribution in [-0.2, 0) is 21.0 Å². The number of fused-ring (bicyclic) bond motifs is 4. The highest BCUT2D eigenvalue weighted by molar-refractivity contribution is 7.91. The summed E-state index contributed by atoms with van der Waals surface area (Å²) < 4.78 is 75.6.